The Balaban J connectivity index is 1.20. The first-order chi connectivity index (χ1) is 20.3. The van der Waals surface area contributed by atoms with Gasteiger partial charge in [-0.25, -0.2) is 9.37 Å². The maximum Gasteiger partial charge on any atom is 0.265 e. The minimum atomic E-state index is -0.338. The molecule has 1 saturated carbocycles. The van der Waals surface area contributed by atoms with Crippen LogP contribution in [0, 0.1) is 5.82 Å². The number of carbonyl (C=O) groups is 1. The number of aromatic nitrogens is 3. The van der Waals surface area contributed by atoms with E-state index in [-0.39, 0.29) is 34.8 Å². The van der Waals surface area contributed by atoms with Gasteiger partial charge in [-0.1, -0.05) is 12.8 Å². The van der Waals surface area contributed by atoms with Gasteiger partial charge < -0.3 is 20.0 Å². The molecule has 2 saturated heterocycles. The van der Waals surface area contributed by atoms with Gasteiger partial charge in [0.05, 0.1) is 5.69 Å². The molecular formula is C31H41FN8O2. The van der Waals surface area contributed by atoms with Crippen molar-refractivity contribution in [2.24, 2.45) is 0 Å². The van der Waals surface area contributed by atoms with Crippen molar-refractivity contribution in [1.29, 1.82) is 0 Å². The standard InChI is InChI=1S/C31H41FN8O2/c1-36(2)29(41)25-18-21-20-33-31(35-28(21)40(30(25)42)24-6-4-5-7-24)34-22-8-9-27(26(32)19-22)39-12-10-23(11-13-39)38-16-14-37(3)15-17-38/h8-9,18-20,23-24H,4-7,10-17H2,1-3H3,(H,33,34,35). The first-order valence-corrected chi connectivity index (χ1v) is 15.2. The van der Waals surface area contributed by atoms with Crippen LogP contribution in [0.5, 0.6) is 0 Å². The number of nitrogens with one attached hydrogen (secondary N) is 1. The Morgan fingerprint density at radius 2 is 1.69 bits per heavy atom. The second kappa shape index (κ2) is 12.0. The van der Waals surface area contributed by atoms with Crippen molar-refractivity contribution < 1.29 is 9.18 Å². The molecule has 1 aromatic carbocycles. The van der Waals surface area contributed by atoms with Gasteiger partial charge in [-0.05, 0) is 57.0 Å². The van der Waals surface area contributed by atoms with Crippen molar-refractivity contribution in [3.63, 3.8) is 0 Å². The van der Waals surface area contributed by atoms with Crippen LogP contribution in [0.15, 0.2) is 35.3 Å². The summed E-state index contributed by atoms with van der Waals surface area (Å²) in [6, 6.07) is 7.29. The second-order valence-corrected chi connectivity index (χ2v) is 12.2. The van der Waals surface area contributed by atoms with E-state index in [0.29, 0.717) is 28.5 Å². The number of halogens is 1. The van der Waals surface area contributed by atoms with E-state index in [4.69, 9.17) is 4.98 Å². The van der Waals surface area contributed by atoms with Crippen LogP contribution in [0.3, 0.4) is 0 Å². The van der Waals surface area contributed by atoms with Gasteiger partial charge >= 0.3 is 0 Å². The quantitative estimate of drug-likeness (QED) is 0.475. The first-order valence-electron chi connectivity index (χ1n) is 15.2. The fraction of sp³-hybridized carbons (Fsp3) is 0.548. The van der Waals surface area contributed by atoms with E-state index in [1.165, 1.54) is 11.0 Å². The molecule has 0 unspecified atom stereocenters. The van der Waals surface area contributed by atoms with Crippen LogP contribution in [0.25, 0.3) is 11.0 Å². The van der Waals surface area contributed by atoms with Gasteiger partial charge in [0.15, 0.2) is 0 Å². The van der Waals surface area contributed by atoms with Gasteiger partial charge in [0.2, 0.25) is 5.95 Å². The van der Waals surface area contributed by atoms with Crippen molar-refractivity contribution >= 4 is 34.3 Å². The highest BCUT2D eigenvalue weighted by Crippen LogP contribution is 2.32. The molecule has 0 spiro atoms. The number of nitrogens with zero attached hydrogens (tertiary/aromatic N) is 7. The molecule has 1 amide bonds. The summed E-state index contributed by atoms with van der Waals surface area (Å²) in [4.78, 5) is 43.9. The van der Waals surface area contributed by atoms with Gasteiger partial charge in [-0.3, -0.25) is 19.1 Å². The van der Waals surface area contributed by atoms with Crippen LogP contribution < -0.4 is 15.8 Å². The molecule has 6 rings (SSSR count). The predicted molar refractivity (Wildman–Crippen MR) is 163 cm³/mol. The molecule has 224 valence electrons. The third-order valence-electron chi connectivity index (χ3n) is 9.16. The molecule has 11 heteroatoms. The lowest BCUT2D eigenvalue weighted by atomic mass is 10.0. The lowest BCUT2D eigenvalue weighted by molar-refractivity contribution is 0.0825. The summed E-state index contributed by atoms with van der Waals surface area (Å²) in [6.07, 6.45) is 7.48. The average Bonchev–Trinajstić information content (AvgIpc) is 3.52. The molecular weight excluding hydrogens is 535 g/mol. The van der Waals surface area contributed by atoms with E-state index < -0.39 is 0 Å². The Labute approximate surface area is 246 Å². The highest BCUT2D eigenvalue weighted by Gasteiger charge is 2.28. The maximum atomic E-state index is 15.4. The van der Waals surface area contributed by atoms with E-state index in [0.717, 1.165) is 77.8 Å². The number of piperazine rings is 1. The van der Waals surface area contributed by atoms with E-state index in [9.17, 15) is 9.59 Å². The van der Waals surface area contributed by atoms with Crippen molar-refractivity contribution in [1.82, 2.24) is 29.2 Å². The van der Waals surface area contributed by atoms with Gasteiger partial charge in [-0.2, -0.15) is 4.98 Å². The maximum absolute atomic E-state index is 15.4. The summed E-state index contributed by atoms with van der Waals surface area (Å²) in [5.74, 6) is -0.344. The van der Waals surface area contributed by atoms with Crippen molar-refractivity contribution in [3.05, 3.63) is 52.2 Å². The highest BCUT2D eigenvalue weighted by molar-refractivity contribution is 5.96. The van der Waals surface area contributed by atoms with Gasteiger partial charge in [-0.15, -0.1) is 0 Å². The number of pyridine rings is 1. The van der Waals surface area contributed by atoms with E-state index in [1.807, 2.05) is 12.1 Å². The molecule has 10 nitrogen and oxygen atoms in total. The topological polar surface area (TPSA) is 89.8 Å². The summed E-state index contributed by atoms with van der Waals surface area (Å²) in [7, 11) is 5.44. The van der Waals surface area contributed by atoms with Crippen molar-refractivity contribution in [2.75, 3.05) is 70.6 Å². The number of piperidine rings is 1. The van der Waals surface area contributed by atoms with Crippen LogP contribution in [-0.4, -0.2) is 102 Å². The van der Waals surface area contributed by atoms with E-state index in [2.05, 4.69) is 32.0 Å². The number of fused-ring (bicyclic) bond motifs is 1. The summed E-state index contributed by atoms with van der Waals surface area (Å²) in [5, 5.41) is 3.76. The van der Waals surface area contributed by atoms with Crippen LogP contribution in [0.4, 0.5) is 21.7 Å². The van der Waals surface area contributed by atoms with Gasteiger partial charge in [0.1, 0.15) is 17.0 Å². The number of hydrogen-bond donors (Lipinski definition) is 1. The number of benzene rings is 1. The normalized spacial score (nSPS) is 19.5. The molecule has 2 aliphatic heterocycles. The Hall–Kier alpha value is -3.57. The predicted octanol–water partition coefficient (Wildman–Crippen LogP) is 3.71. The molecule has 0 atom stereocenters. The minimum absolute atomic E-state index is 0.0187. The molecule has 3 fully saturated rings. The third-order valence-corrected chi connectivity index (χ3v) is 9.16. The monoisotopic (exact) mass is 576 g/mol. The SMILES string of the molecule is CN1CCN(C2CCN(c3ccc(Nc4ncc5cc(C(=O)N(C)C)c(=O)n(C6CCCC6)c5n4)cc3F)CC2)CC1. The molecule has 1 aliphatic carbocycles. The number of rotatable bonds is 6. The molecule has 4 heterocycles. The fourth-order valence-electron chi connectivity index (χ4n) is 6.70. The Morgan fingerprint density at radius 1 is 0.976 bits per heavy atom. The summed E-state index contributed by atoms with van der Waals surface area (Å²) >= 11 is 0. The zero-order valence-electron chi connectivity index (χ0n) is 24.9. The first kappa shape index (κ1) is 28.5. The molecule has 1 N–H and O–H groups in total. The molecule has 3 aromatic rings. The number of anilines is 3. The van der Waals surface area contributed by atoms with Crippen molar-refractivity contribution in [2.45, 2.75) is 50.6 Å². The van der Waals surface area contributed by atoms with Crippen LogP contribution >= 0.6 is 0 Å². The average molecular weight is 577 g/mol. The van der Waals surface area contributed by atoms with Gasteiger partial charge in [0, 0.05) is 82.7 Å². The molecule has 0 radical (unpaired) electrons. The number of likely N-dealkylation sites (N-methyl/N-ethyl adjacent to an activating group) is 1. The number of hydrogen-bond acceptors (Lipinski definition) is 8. The van der Waals surface area contributed by atoms with Crippen LogP contribution in [0.2, 0.25) is 0 Å². The Morgan fingerprint density at radius 3 is 2.36 bits per heavy atom. The molecule has 2 aromatic heterocycles. The highest BCUT2D eigenvalue weighted by atomic mass is 19.1. The van der Waals surface area contributed by atoms with E-state index in [1.54, 1.807) is 30.9 Å². The lowest BCUT2D eigenvalue weighted by Crippen LogP contribution is -2.52. The van der Waals surface area contributed by atoms with Gasteiger partial charge in [0.25, 0.3) is 11.5 Å². The fourth-order valence-corrected chi connectivity index (χ4v) is 6.70. The summed E-state index contributed by atoms with van der Waals surface area (Å²) in [6.45, 7) is 6.12. The second-order valence-electron chi connectivity index (χ2n) is 12.2. The van der Waals surface area contributed by atoms with Crippen molar-refractivity contribution in [3.8, 4) is 0 Å². The largest absolute Gasteiger partial charge is 0.369 e. The van der Waals surface area contributed by atoms with Crippen LogP contribution in [-0.2, 0) is 0 Å². The molecule has 42 heavy (non-hydrogen) atoms. The summed E-state index contributed by atoms with van der Waals surface area (Å²) in [5.41, 5.74) is 1.43. The smallest absolute Gasteiger partial charge is 0.265 e. The summed E-state index contributed by atoms with van der Waals surface area (Å²) < 4.78 is 17.0. The molecule has 0 bridgehead atoms. The van der Waals surface area contributed by atoms with Crippen LogP contribution in [0.1, 0.15) is 54.9 Å². The zero-order chi connectivity index (χ0) is 29.4. The number of carbonyl (C=O) groups excluding carboxylic acids is 1. The van der Waals surface area contributed by atoms with E-state index >= 15 is 4.39 Å². The Kier molecular flexibility index (Phi) is 8.13. The molecule has 3 aliphatic rings. The number of amides is 1. The Bertz CT molecular complexity index is 1500. The lowest BCUT2D eigenvalue weighted by Gasteiger charge is -2.42. The zero-order valence-corrected chi connectivity index (χ0v) is 24.9. The third kappa shape index (κ3) is 5.72. The minimum Gasteiger partial charge on any atom is -0.369 e.